The third kappa shape index (κ3) is 6.08. The van der Waals surface area contributed by atoms with Gasteiger partial charge in [-0.05, 0) is 42.8 Å². The zero-order valence-electron chi connectivity index (χ0n) is 17.7. The molecule has 9 heteroatoms. The van der Waals surface area contributed by atoms with Gasteiger partial charge in [-0.1, -0.05) is 30.0 Å². The van der Waals surface area contributed by atoms with Crippen molar-refractivity contribution in [3.63, 3.8) is 0 Å². The summed E-state index contributed by atoms with van der Waals surface area (Å²) in [5.41, 5.74) is 2.38. The summed E-state index contributed by atoms with van der Waals surface area (Å²) in [5, 5.41) is 14.8. The second-order valence-electron chi connectivity index (χ2n) is 6.84. The molecule has 3 rings (SSSR count). The number of anilines is 1. The molecule has 0 atom stereocenters. The monoisotopic (exact) mass is 439 g/mol. The number of hydrogen-bond acceptors (Lipinski definition) is 6. The van der Waals surface area contributed by atoms with Crippen molar-refractivity contribution in [1.82, 2.24) is 20.1 Å². The number of amides is 2. The van der Waals surface area contributed by atoms with Gasteiger partial charge in [0.1, 0.15) is 11.6 Å². The molecule has 2 aromatic carbocycles. The van der Waals surface area contributed by atoms with Crippen molar-refractivity contribution in [1.29, 1.82) is 0 Å². The van der Waals surface area contributed by atoms with Crippen LogP contribution < -0.4 is 15.4 Å². The van der Waals surface area contributed by atoms with Crippen LogP contribution in [0.2, 0.25) is 0 Å². The maximum atomic E-state index is 12.2. The first-order chi connectivity index (χ1) is 15.0. The lowest BCUT2D eigenvalue weighted by atomic mass is 10.2. The third-order valence-electron chi connectivity index (χ3n) is 4.66. The highest BCUT2D eigenvalue weighted by atomic mass is 32.2. The van der Waals surface area contributed by atoms with Gasteiger partial charge in [0.2, 0.25) is 5.91 Å². The van der Waals surface area contributed by atoms with Gasteiger partial charge in [-0.15, -0.1) is 10.2 Å². The minimum absolute atomic E-state index is 0.101. The predicted molar refractivity (Wildman–Crippen MR) is 121 cm³/mol. The lowest BCUT2D eigenvalue weighted by Crippen LogP contribution is -2.26. The molecule has 3 aromatic rings. The maximum absolute atomic E-state index is 12.2. The van der Waals surface area contributed by atoms with Crippen molar-refractivity contribution in [2.75, 3.05) is 24.7 Å². The number of para-hydroxylation sites is 1. The van der Waals surface area contributed by atoms with E-state index in [0.29, 0.717) is 29.4 Å². The fourth-order valence-corrected chi connectivity index (χ4v) is 3.58. The van der Waals surface area contributed by atoms with Crippen LogP contribution in [0, 0.1) is 6.92 Å². The molecule has 0 aliphatic carbocycles. The van der Waals surface area contributed by atoms with Crippen molar-refractivity contribution in [2.24, 2.45) is 7.05 Å². The summed E-state index contributed by atoms with van der Waals surface area (Å²) in [6.07, 6.45) is 0.529. The molecular weight excluding hydrogens is 414 g/mol. The Morgan fingerprint density at radius 2 is 1.84 bits per heavy atom. The van der Waals surface area contributed by atoms with Crippen molar-refractivity contribution in [3.05, 3.63) is 65.5 Å². The first-order valence-corrected chi connectivity index (χ1v) is 10.8. The Balaban J connectivity index is 1.46. The Kier molecular flexibility index (Phi) is 7.66. The van der Waals surface area contributed by atoms with Gasteiger partial charge >= 0.3 is 0 Å². The number of carbonyl (C=O) groups excluding carboxylic acids is 2. The minimum atomic E-state index is -0.160. The number of nitrogens with zero attached hydrogens (tertiary/aromatic N) is 3. The number of aryl methyl sites for hydroxylation is 1. The van der Waals surface area contributed by atoms with Crippen molar-refractivity contribution in [2.45, 2.75) is 18.5 Å². The predicted octanol–water partition coefficient (Wildman–Crippen LogP) is 2.84. The molecule has 0 aliphatic rings. The van der Waals surface area contributed by atoms with E-state index in [1.807, 2.05) is 42.8 Å². The molecular formula is C22H25N5O3S. The first kappa shape index (κ1) is 22.4. The summed E-state index contributed by atoms with van der Waals surface area (Å²) in [6.45, 7) is 2.38. The lowest BCUT2D eigenvalue weighted by molar-refractivity contribution is -0.113. The van der Waals surface area contributed by atoms with E-state index in [1.165, 1.54) is 11.8 Å². The third-order valence-corrected chi connectivity index (χ3v) is 5.68. The molecule has 0 saturated heterocycles. The summed E-state index contributed by atoms with van der Waals surface area (Å²) in [6, 6.07) is 14.6. The van der Waals surface area contributed by atoms with Crippen molar-refractivity contribution in [3.8, 4) is 5.75 Å². The molecule has 8 nitrogen and oxygen atoms in total. The molecule has 2 N–H and O–H groups in total. The number of ether oxygens (including phenoxy) is 1. The van der Waals surface area contributed by atoms with E-state index < -0.39 is 0 Å². The van der Waals surface area contributed by atoms with Gasteiger partial charge < -0.3 is 19.9 Å². The highest BCUT2D eigenvalue weighted by Gasteiger charge is 2.13. The van der Waals surface area contributed by atoms with Crippen LogP contribution in [0.4, 0.5) is 5.69 Å². The van der Waals surface area contributed by atoms with E-state index in [-0.39, 0.29) is 17.6 Å². The lowest BCUT2D eigenvalue weighted by Gasteiger charge is -2.08. The Bertz CT molecular complexity index is 1050. The summed E-state index contributed by atoms with van der Waals surface area (Å²) in [4.78, 5) is 24.5. The van der Waals surface area contributed by atoms with Gasteiger partial charge in [-0.25, -0.2) is 0 Å². The van der Waals surface area contributed by atoms with E-state index in [4.69, 9.17) is 4.74 Å². The molecule has 0 saturated carbocycles. The van der Waals surface area contributed by atoms with E-state index in [9.17, 15) is 9.59 Å². The number of methoxy groups -OCH3 is 1. The van der Waals surface area contributed by atoms with Crippen LogP contribution in [0.5, 0.6) is 5.75 Å². The van der Waals surface area contributed by atoms with Crippen LogP contribution in [-0.4, -0.2) is 46.0 Å². The fraction of sp³-hybridized carbons (Fsp3) is 0.273. The van der Waals surface area contributed by atoms with E-state index >= 15 is 0 Å². The summed E-state index contributed by atoms with van der Waals surface area (Å²) < 4.78 is 6.93. The van der Waals surface area contributed by atoms with Crippen LogP contribution in [0.25, 0.3) is 0 Å². The smallest absolute Gasteiger partial charge is 0.251 e. The summed E-state index contributed by atoms with van der Waals surface area (Å²) in [7, 11) is 3.43. The number of benzene rings is 2. The molecule has 1 aromatic heterocycles. The zero-order chi connectivity index (χ0) is 22.2. The average Bonchev–Trinajstić information content (AvgIpc) is 3.13. The van der Waals surface area contributed by atoms with Crippen molar-refractivity contribution < 1.29 is 14.3 Å². The molecule has 31 heavy (non-hydrogen) atoms. The quantitative estimate of drug-likeness (QED) is 0.498. The molecule has 0 spiro atoms. The standard InChI is InChI=1S/C22H25N5O3S/c1-15-6-4-5-7-18(15)24-20(28)14-31-22-26-25-19(27(22)2)12-13-23-21(29)16-8-10-17(30-3)11-9-16/h4-11H,12-14H2,1-3H3,(H,23,29)(H,24,28). The fourth-order valence-electron chi connectivity index (χ4n) is 2.85. The molecule has 0 unspecified atom stereocenters. The van der Waals surface area contributed by atoms with Gasteiger partial charge in [0.05, 0.1) is 12.9 Å². The molecule has 1 heterocycles. The van der Waals surface area contributed by atoms with E-state index in [1.54, 1.807) is 31.4 Å². The van der Waals surface area contributed by atoms with Crippen LogP contribution in [0.15, 0.2) is 53.7 Å². The largest absolute Gasteiger partial charge is 0.497 e. The normalized spacial score (nSPS) is 10.5. The highest BCUT2D eigenvalue weighted by Crippen LogP contribution is 2.18. The van der Waals surface area contributed by atoms with Crippen LogP contribution in [0.3, 0.4) is 0 Å². The SMILES string of the molecule is COc1ccc(C(=O)NCCc2nnc(SCC(=O)Nc3ccccc3C)n2C)cc1. The van der Waals surface area contributed by atoms with Gasteiger partial charge in [0.15, 0.2) is 5.16 Å². The summed E-state index contributed by atoms with van der Waals surface area (Å²) in [5.74, 6) is 1.40. The number of carbonyl (C=O) groups is 2. The second-order valence-corrected chi connectivity index (χ2v) is 7.79. The molecule has 0 fully saturated rings. The first-order valence-electron chi connectivity index (χ1n) is 9.76. The number of hydrogen-bond donors (Lipinski definition) is 2. The molecule has 162 valence electrons. The van der Waals surface area contributed by atoms with E-state index in [2.05, 4.69) is 20.8 Å². The Morgan fingerprint density at radius 1 is 1.10 bits per heavy atom. The van der Waals surface area contributed by atoms with Gasteiger partial charge in [0, 0.05) is 31.3 Å². The molecule has 2 amide bonds. The average molecular weight is 440 g/mol. The number of rotatable bonds is 9. The van der Waals surface area contributed by atoms with Gasteiger partial charge in [0.25, 0.3) is 5.91 Å². The van der Waals surface area contributed by atoms with Gasteiger partial charge in [-0.2, -0.15) is 0 Å². The highest BCUT2D eigenvalue weighted by molar-refractivity contribution is 7.99. The second kappa shape index (κ2) is 10.6. The minimum Gasteiger partial charge on any atom is -0.497 e. The van der Waals surface area contributed by atoms with Crippen LogP contribution in [-0.2, 0) is 18.3 Å². The van der Waals surface area contributed by atoms with Gasteiger partial charge in [-0.3, -0.25) is 9.59 Å². The zero-order valence-corrected chi connectivity index (χ0v) is 18.5. The number of nitrogens with one attached hydrogen (secondary N) is 2. The number of aromatic nitrogens is 3. The number of thioether (sulfide) groups is 1. The maximum Gasteiger partial charge on any atom is 0.251 e. The topological polar surface area (TPSA) is 98.1 Å². The Labute approximate surface area is 185 Å². The van der Waals surface area contributed by atoms with Crippen LogP contribution in [0.1, 0.15) is 21.7 Å². The Morgan fingerprint density at radius 3 is 2.55 bits per heavy atom. The molecule has 0 aliphatic heterocycles. The van der Waals surface area contributed by atoms with Crippen molar-refractivity contribution >= 4 is 29.3 Å². The Hall–Kier alpha value is -3.33. The molecule has 0 bridgehead atoms. The summed E-state index contributed by atoms with van der Waals surface area (Å²) >= 11 is 1.32. The van der Waals surface area contributed by atoms with Crippen LogP contribution >= 0.6 is 11.8 Å². The molecule has 0 radical (unpaired) electrons. The van der Waals surface area contributed by atoms with E-state index in [0.717, 1.165) is 17.1 Å².